The van der Waals surface area contributed by atoms with Gasteiger partial charge in [-0.1, -0.05) is 0 Å². The predicted molar refractivity (Wildman–Crippen MR) is 81.1 cm³/mol. The summed E-state index contributed by atoms with van der Waals surface area (Å²) in [7, 11) is 4.78. The molecule has 0 atom stereocenters. The summed E-state index contributed by atoms with van der Waals surface area (Å²) < 4.78 is 16.4. The van der Waals surface area contributed by atoms with Crippen molar-refractivity contribution in [3.05, 3.63) is 17.7 Å². The van der Waals surface area contributed by atoms with Crippen molar-refractivity contribution < 1.29 is 19.0 Å². The number of benzene rings is 1. The minimum atomic E-state index is -0.00387. The maximum absolute atomic E-state index is 11.2. The van der Waals surface area contributed by atoms with Crippen LogP contribution in [0.25, 0.3) is 0 Å². The van der Waals surface area contributed by atoms with Crippen molar-refractivity contribution in [3.8, 4) is 17.2 Å². The average molecular weight is 296 g/mol. The first-order valence-corrected chi connectivity index (χ1v) is 6.94. The Kier molecular flexibility index (Phi) is 7.39. The molecule has 21 heavy (non-hydrogen) atoms. The Balaban J connectivity index is 2.77. The summed E-state index contributed by atoms with van der Waals surface area (Å²) in [4.78, 5) is 11.2. The molecule has 118 valence electrons. The van der Waals surface area contributed by atoms with Gasteiger partial charge in [0, 0.05) is 13.5 Å². The summed E-state index contributed by atoms with van der Waals surface area (Å²) in [6.45, 7) is 0.967. The van der Waals surface area contributed by atoms with Gasteiger partial charge in [-0.15, -0.1) is 0 Å². The van der Waals surface area contributed by atoms with Gasteiger partial charge >= 0.3 is 0 Å². The summed E-state index contributed by atoms with van der Waals surface area (Å²) in [5.41, 5.74) is 6.60. The first-order valence-electron chi connectivity index (χ1n) is 6.94. The molecule has 6 heteroatoms. The summed E-state index contributed by atoms with van der Waals surface area (Å²) in [6.07, 6.45) is 1.78. The van der Waals surface area contributed by atoms with Crippen molar-refractivity contribution in [2.75, 3.05) is 34.4 Å². The van der Waals surface area contributed by atoms with Crippen molar-refractivity contribution in [3.63, 3.8) is 0 Å². The number of hydrogen-bond donors (Lipinski definition) is 2. The van der Waals surface area contributed by atoms with E-state index in [-0.39, 0.29) is 5.91 Å². The summed E-state index contributed by atoms with van der Waals surface area (Å²) in [5, 5.41) is 2.57. The first-order chi connectivity index (χ1) is 10.2. The molecule has 1 aromatic carbocycles. The van der Waals surface area contributed by atoms with Crippen LogP contribution in [-0.2, 0) is 11.2 Å². The Morgan fingerprint density at radius 1 is 1.24 bits per heavy atom. The number of carbonyl (C=O) groups excluding carboxylic acids is 1. The maximum Gasteiger partial charge on any atom is 0.219 e. The number of methoxy groups -OCH3 is 2. The molecule has 1 aromatic rings. The maximum atomic E-state index is 11.2. The summed E-state index contributed by atoms with van der Waals surface area (Å²) >= 11 is 0. The van der Waals surface area contributed by atoms with Crippen LogP contribution in [0.2, 0.25) is 0 Å². The van der Waals surface area contributed by atoms with E-state index in [1.54, 1.807) is 21.3 Å². The molecule has 3 N–H and O–H groups in total. The fraction of sp³-hybridized carbons (Fsp3) is 0.533. The SMILES string of the molecule is CNC(=O)CCCOc1c(OC)cc(CCN)cc1OC. The molecule has 0 unspecified atom stereocenters. The van der Waals surface area contributed by atoms with Gasteiger partial charge in [0.1, 0.15) is 0 Å². The van der Waals surface area contributed by atoms with Gasteiger partial charge in [-0.25, -0.2) is 0 Å². The van der Waals surface area contributed by atoms with Gasteiger partial charge in [0.15, 0.2) is 11.5 Å². The molecule has 0 aromatic heterocycles. The predicted octanol–water partition coefficient (Wildman–Crippen LogP) is 1.11. The molecule has 0 saturated heterocycles. The number of hydrogen-bond acceptors (Lipinski definition) is 5. The van der Waals surface area contributed by atoms with E-state index in [4.69, 9.17) is 19.9 Å². The lowest BCUT2D eigenvalue weighted by molar-refractivity contribution is -0.120. The van der Waals surface area contributed by atoms with Gasteiger partial charge in [0.2, 0.25) is 11.7 Å². The van der Waals surface area contributed by atoms with Crippen molar-refractivity contribution in [1.82, 2.24) is 5.32 Å². The highest BCUT2D eigenvalue weighted by Gasteiger charge is 2.14. The number of rotatable bonds is 9. The topological polar surface area (TPSA) is 82.8 Å². The molecule has 0 spiro atoms. The van der Waals surface area contributed by atoms with Crippen LogP contribution in [0.1, 0.15) is 18.4 Å². The summed E-state index contributed by atoms with van der Waals surface area (Å²) in [5.74, 6) is 1.77. The molecular weight excluding hydrogens is 272 g/mol. The van der Waals surface area contributed by atoms with E-state index in [0.717, 1.165) is 12.0 Å². The Hall–Kier alpha value is -1.95. The highest BCUT2D eigenvalue weighted by molar-refractivity contribution is 5.75. The van der Waals surface area contributed by atoms with Crippen LogP contribution in [-0.4, -0.2) is 40.3 Å². The fourth-order valence-electron chi connectivity index (χ4n) is 1.92. The molecule has 0 aliphatic heterocycles. The van der Waals surface area contributed by atoms with Crippen LogP contribution in [0.15, 0.2) is 12.1 Å². The molecule has 6 nitrogen and oxygen atoms in total. The van der Waals surface area contributed by atoms with Gasteiger partial charge in [-0.05, 0) is 37.1 Å². The second kappa shape index (κ2) is 9.07. The lowest BCUT2D eigenvalue weighted by Crippen LogP contribution is -2.18. The number of nitrogens with one attached hydrogen (secondary N) is 1. The Bertz CT molecular complexity index is 438. The van der Waals surface area contributed by atoms with E-state index in [9.17, 15) is 4.79 Å². The molecule has 0 fully saturated rings. The highest BCUT2D eigenvalue weighted by Crippen LogP contribution is 2.38. The second-order valence-corrected chi connectivity index (χ2v) is 4.49. The molecule has 0 saturated carbocycles. The quantitative estimate of drug-likeness (QED) is 0.667. The van der Waals surface area contributed by atoms with Crippen molar-refractivity contribution in [2.45, 2.75) is 19.3 Å². The van der Waals surface area contributed by atoms with Crippen LogP contribution in [0.3, 0.4) is 0 Å². The van der Waals surface area contributed by atoms with Gasteiger partial charge in [0.05, 0.1) is 20.8 Å². The molecule has 1 rings (SSSR count). The standard InChI is InChI=1S/C15H24N2O4/c1-17-14(18)5-4-8-21-15-12(19-2)9-11(6-7-16)10-13(15)20-3/h9-10H,4-8,16H2,1-3H3,(H,17,18). The third-order valence-corrected chi connectivity index (χ3v) is 3.03. The minimum absolute atomic E-state index is 0.00387. The van der Waals surface area contributed by atoms with Crippen LogP contribution >= 0.6 is 0 Å². The molecular formula is C15H24N2O4. The fourth-order valence-corrected chi connectivity index (χ4v) is 1.92. The number of ether oxygens (including phenoxy) is 3. The molecule has 0 bridgehead atoms. The Labute approximate surface area is 125 Å². The van der Waals surface area contributed by atoms with Crippen LogP contribution in [0, 0.1) is 0 Å². The van der Waals surface area contributed by atoms with Crippen LogP contribution in [0.4, 0.5) is 0 Å². The van der Waals surface area contributed by atoms with Crippen molar-refractivity contribution >= 4 is 5.91 Å². The van der Waals surface area contributed by atoms with Crippen molar-refractivity contribution in [1.29, 1.82) is 0 Å². The zero-order valence-electron chi connectivity index (χ0n) is 12.9. The molecule has 1 amide bonds. The van der Waals surface area contributed by atoms with Gasteiger partial charge in [-0.3, -0.25) is 4.79 Å². The van der Waals surface area contributed by atoms with E-state index in [1.165, 1.54) is 0 Å². The average Bonchev–Trinajstić information content (AvgIpc) is 2.51. The van der Waals surface area contributed by atoms with Gasteiger partial charge in [0.25, 0.3) is 0 Å². The van der Waals surface area contributed by atoms with E-state index in [2.05, 4.69) is 5.32 Å². The third kappa shape index (κ3) is 5.15. The highest BCUT2D eigenvalue weighted by atomic mass is 16.5. The Morgan fingerprint density at radius 3 is 2.33 bits per heavy atom. The van der Waals surface area contributed by atoms with Crippen LogP contribution in [0.5, 0.6) is 17.2 Å². The molecule has 0 heterocycles. The normalized spacial score (nSPS) is 10.1. The monoisotopic (exact) mass is 296 g/mol. The number of amides is 1. The van der Waals surface area contributed by atoms with Crippen LogP contribution < -0.4 is 25.3 Å². The minimum Gasteiger partial charge on any atom is -0.493 e. The van der Waals surface area contributed by atoms with E-state index in [1.807, 2.05) is 12.1 Å². The van der Waals surface area contributed by atoms with Crippen molar-refractivity contribution in [2.24, 2.45) is 5.73 Å². The molecule has 0 aliphatic carbocycles. The number of carbonyl (C=O) groups is 1. The zero-order chi connectivity index (χ0) is 15.7. The summed E-state index contributed by atoms with van der Waals surface area (Å²) in [6, 6.07) is 3.78. The second-order valence-electron chi connectivity index (χ2n) is 4.49. The molecule has 0 radical (unpaired) electrons. The smallest absolute Gasteiger partial charge is 0.219 e. The van der Waals surface area contributed by atoms with E-state index in [0.29, 0.717) is 43.2 Å². The number of nitrogens with two attached hydrogens (primary N) is 1. The zero-order valence-corrected chi connectivity index (χ0v) is 12.9. The Morgan fingerprint density at radius 2 is 1.86 bits per heavy atom. The lowest BCUT2D eigenvalue weighted by atomic mass is 10.1. The lowest BCUT2D eigenvalue weighted by Gasteiger charge is -2.16. The third-order valence-electron chi connectivity index (χ3n) is 3.03. The van der Waals surface area contributed by atoms with E-state index >= 15 is 0 Å². The van der Waals surface area contributed by atoms with Gasteiger partial charge in [-0.2, -0.15) is 0 Å². The first kappa shape index (κ1) is 17.1. The molecule has 0 aliphatic rings. The van der Waals surface area contributed by atoms with Gasteiger partial charge < -0.3 is 25.3 Å². The largest absolute Gasteiger partial charge is 0.493 e. The van der Waals surface area contributed by atoms with E-state index < -0.39 is 0 Å².